The largest absolute Gasteiger partial charge is 0.508 e. The maximum atomic E-state index is 11.8. The fourth-order valence-corrected chi connectivity index (χ4v) is 3.96. The Kier molecular flexibility index (Phi) is 11.1. The third-order valence-corrected chi connectivity index (χ3v) is 6.25. The maximum Gasteiger partial charge on any atom is 0.508 e. The maximum absolute atomic E-state index is 11.8. The van der Waals surface area contributed by atoms with E-state index in [1.165, 1.54) is 22.3 Å². The van der Waals surface area contributed by atoms with Crippen LogP contribution in [0.1, 0.15) is 102 Å². The van der Waals surface area contributed by atoms with Crippen LogP contribution in [0.5, 0.6) is 0 Å². The summed E-state index contributed by atoms with van der Waals surface area (Å²) >= 11 is 0. The van der Waals surface area contributed by atoms with Gasteiger partial charge in [0.25, 0.3) is 0 Å². The zero-order valence-corrected chi connectivity index (χ0v) is 22.4. The molecule has 188 valence electrons. The number of hydrogen-bond acceptors (Lipinski definition) is 3. The summed E-state index contributed by atoms with van der Waals surface area (Å²) in [6, 6.07) is 17.7. The van der Waals surface area contributed by atoms with Crippen molar-refractivity contribution in [2.24, 2.45) is 0 Å². The molecule has 0 unspecified atom stereocenters. The molecule has 0 spiro atoms. The van der Waals surface area contributed by atoms with E-state index >= 15 is 0 Å². The van der Waals surface area contributed by atoms with Crippen LogP contribution < -0.4 is 0 Å². The Balaban J connectivity index is 1.49. The van der Waals surface area contributed by atoms with E-state index in [0.29, 0.717) is 13.2 Å². The van der Waals surface area contributed by atoms with Crippen molar-refractivity contribution in [2.45, 2.75) is 104 Å². The second-order valence-corrected chi connectivity index (χ2v) is 11.5. The molecule has 3 nitrogen and oxygen atoms in total. The van der Waals surface area contributed by atoms with Gasteiger partial charge in [-0.3, -0.25) is 0 Å². The lowest BCUT2D eigenvalue weighted by molar-refractivity contribution is 0.0529. The van der Waals surface area contributed by atoms with Crippen molar-refractivity contribution >= 4 is 6.16 Å². The highest BCUT2D eigenvalue weighted by Crippen LogP contribution is 2.24. The number of carbonyl (C=O) groups is 1. The van der Waals surface area contributed by atoms with Crippen LogP contribution in [-0.4, -0.2) is 19.4 Å². The van der Waals surface area contributed by atoms with Gasteiger partial charge in [0.2, 0.25) is 0 Å². The van der Waals surface area contributed by atoms with E-state index < -0.39 is 6.16 Å². The molecule has 0 bridgehead atoms. The van der Waals surface area contributed by atoms with Gasteiger partial charge in [0.15, 0.2) is 0 Å². The Morgan fingerprint density at radius 2 is 1.03 bits per heavy atom. The number of carbonyl (C=O) groups excluding carboxylic acids is 1. The fourth-order valence-electron chi connectivity index (χ4n) is 3.96. The molecule has 0 atom stereocenters. The van der Waals surface area contributed by atoms with Crippen LogP contribution in [-0.2, 0) is 33.1 Å². The molecule has 2 aromatic rings. The zero-order valence-electron chi connectivity index (χ0n) is 22.4. The lowest BCUT2D eigenvalue weighted by Gasteiger charge is -2.19. The van der Waals surface area contributed by atoms with Crippen LogP contribution in [0.4, 0.5) is 4.79 Å². The van der Waals surface area contributed by atoms with Gasteiger partial charge in [-0.25, -0.2) is 4.79 Å². The molecule has 0 radical (unpaired) electrons. The minimum absolute atomic E-state index is 0.183. The third-order valence-electron chi connectivity index (χ3n) is 6.25. The van der Waals surface area contributed by atoms with Crippen LogP contribution in [0, 0.1) is 0 Å². The normalized spacial score (nSPS) is 11.9. The minimum Gasteiger partial charge on any atom is -0.434 e. The smallest absolute Gasteiger partial charge is 0.434 e. The van der Waals surface area contributed by atoms with Crippen molar-refractivity contribution < 1.29 is 14.3 Å². The van der Waals surface area contributed by atoms with Crippen LogP contribution in [0.3, 0.4) is 0 Å². The zero-order chi connectivity index (χ0) is 25.0. The van der Waals surface area contributed by atoms with Gasteiger partial charge in [-0.2, -0.15) is 0 Å². The van der Waals surface area contributed by atoms with Crippen molar-refractivity contribution in [1.29, 1.82) is 0 Å². The Hall–Kier alpha value is -2.29. The predicted octanol–water partition coefficient (Wildman–Crippen LogP) is 8.56. The molecule has 0 aliphatic carbocycles. The number of unbranched alkanes of at least 4 members (excludes halogenated alkanes) is 4. The average molecular weight is 467 g/mol. The van der Waals surface area contributed by atoms with Gasteiger partial charge in [-0.15, -0.1) is 0 Å². The second-order valence-electron chi connectivity index (χ2n) is 11.5. The first-order valence-corrected chi connectivity index (χ1v) is 13.0. The van der Waals surface area contributed by atoms with Crippen LogP contribution >= 0.6 is 0 Å². The SMILES string of the molecule is CC(C)(C)c1cccc(CCCCCOC(=O)OCCCCCc2cccc(C(C)(C)C)c2)c1. The van der Waals surface area contributed by atoms with Crippen molar-refractivity contribution in [3.63, 3.8) is 0 Å². The molecular formula is C31H46O3. The molecule has 0 saturated heterocycles. The quantitative estimate of drug-likeness (QED) is 0.232. The molecule has 0 aliphatic heterocycles. The van der Waals surface area contributed by atoms with Crippen LogP contribution in [0.15, 0.2) is 48.5 Å². The molecule has 34 heavy (non-hydrogen) atoms. The first-order valence-electron chi connectivity index (χ1n) is 13.0. The van der Waals surface area contributed by atoms with Crippen molar-refractivity contribution in [3.8, 4) is 0 Å². The molecule has 3 heteroatoms. The summed E-state index contributed by atoms with van der Waals surface area (Å²) in [5.74, 6) is 0. The average Bonchev–Trinajstić information content (AvgIpc) is 2.77. The van der Waals surface area contributed by atoms with Crippen molar-refractivity contribution in [3.05, 3.63) is 70.8 Å². The molecule has 2 rings (SSSR count). The van der Waals surface area contributed by atoms with Gasteiger partial charge in [0.1, 0.15) is 0 Å². The van der Waals surface area contributed by atoms with Gasteiger partial charge >= 0.3 is 6.16 Å². The first-order chi connectivity index (χ1) is 16.1. The van der Waals surface area contributed by atoms with Gasteiger partial charge in [0.05, 0.1) is 13.2 Å². The molecule has 0 saturated carbocycles. The number of ether oxygens (including phenoxy) is 2. The lowest BCUT2D eigenvalue weighted by Crippen LogP contribution is -2.11. The van der Waals surface area contributed by atoms with Crippen molar-refractivity contribution in [2.75, 3.05) is 13.2 Å². The highest BCUT2D eigenvalue weighted by atomic mass is 16.7. The summed E-state index contributed by atoms with van der Waals surface area (Å²) in [5.41, 5.74) is 5.89. The summed E-state index contributed by atoms with van der Waals surface area (Å²) in [4.78, 5) is 11.8. The van der Waals surface area contributed by atoms with E-state index in [0.717, 1.165) is 51.4 Å². The summed E-state index contributed by atoms with van der Waals surface area (Å²) in [6.07, 6.45) is 7.64. The number of benzene rings is 2. The number of rotatable bonds is 12. The van der Waals surface area contributed by atoms with Crippen molar-refractivity contribution in [1.82, 2.24) is 0 Å². The topological polar surface area (TPSA) is 35.5 Å². The van der Waals surface area contributed by atoms with E-state index in [9.17, 15) is 4.79 Å². The molecule has 0 amide bonds. The predicted molar refractivity (Wildman–Crippen MR) is 143 cm³/mol. The Labute approximate surface area is 208 Å². The van der Waals surface area contributed by atoms with E-state index in [2.05, 4.69) is 90.1 Å². The van der Waals surface area contributed by atoms with Gasteiger partial charge < -0.3 is 9.47 Å². The standard InChI is InChI=1S/C31H46O3/c1-30(2,3)27-19-13-17-25(23-27)15-9-7-11-21-33-29(32)34-22-12-8-10-16-26-18-14-20-28(24-26)31(4,5)6/h13-14,17-20,23-24H,7-12,15-16,21-22H2,1-6H3. The highest BCUT2D eigenvalue weighted by molar-refractivity contribution is 5.59. The summed E-state index contributed by atoms with van der Waals surface area (Å²) < 4.78 is 10.4. The molecular weight excluding hydrogens is 420 g/mol. The Morgan fingerprint density at radius 1 is 0.618 bits per heavy atom. The molecule has 0 N–H and O–H groups in total. The van der Waals surface area contributed by atoms with E-state index in [4.69, 9.17) is 9.47 Å². The first kappa shape index (κ1) is 28.0. The Morgan fingerprint density at radius 3 is 1.41 bits per heavy atom. The summed E-state index contributed by atoms with van der Waals surface area (Å²) in [5, 5.41) is 0. The van der Waals surface area contributed by atoms with E-state index in [-0.39, 0.29) is 10.8 Å². The van der Waals surface area contributed by atoms with Crippen LogP contribution in [0.2, 0.25) is 0 Å². The molecule has 0 fully saturated rings. The number of aryl methyl sites for hydroxylation is 2. The third kappa shape index (κ3) is 10.8. The van der Waals surface area contributed by atoms with E-state index in [1.807, 2.05) is 0 Å². The monoisotopic (exact) mass is 466 g/mol. The summed E-state index contributed by atoms with van der Waals surface area (Å²) in [7, 11) is 0. The molecule has 0 aromatic heterocycles. The molecule has 0 aliphatic rings. The van der Waals surface area contributed by atoms with Gasteiger partial charge in [-0.1, -0.05) is 90.1 Å². The summed E-state index contributed by atoms with van der Waals surface area (Å²) in [6.45, 7) is 14.3. The molecule has 2 aromatic carbocycles. The molecule has 0 heterocycles. The lowest BCUT2D eigenvalue weighted by atomic mass is 9.86. The minimum atomic E-state index is -0.532. The Bertz CT molecular complexity index is 799. The van der Waals surface area contributed by atoms with E-state index in [1.54, 1.807) is 0 Å². The highest BCUT2D eigenvalue weighted by Gasteiger charge is 2.14. The van der Waals surface area contributed by atoms with Gasteiger partial charge in [-0.05, 0) is 84.5 Å². The second kappa shape index (κ2) is 13.6. The fraction of sp³-hybridized carbons (Fsp3) is 0.581. The van der Waals surface area contributed by atoms with Gasteiger partial charge in [0, 0.05) is 0 Å². The van der Waals surface area contributed by atoms with Crippen LogP contribution in [0.25, 0.3) is 0 Å². The number of hydrogen-bond donors (Lipinski definition) is 0.